The lowest BCUT2D eigenvalue weighted by Gasteiger charge is -2.14. The molecule has 1 aliphatic rings. The fraction of sp³-hybridized carbons (Fsp3) is 0.429. The van der Waals surface area contributed by atoms with E-state index in [1.807, 2.05) is 18.2 Å². The average molecular weight is 323 g/mol. The van der Waals surface area contributed by atoms with E-state index in [1.165, 1.54) is 15.1 Å². The Bertz CT molecular complexity index is 881. The quantitative estimate of drug-likeness (QED) is 0.753. The molecule has 1 unspecified atom stereocenters. The van der Waals surface area contributed by atoms with E-state index in [4.69, 9.17) is 0 Å². The number of sulfonamides is 1. The number of aromatic nitrogens is 2. The molecule has 0 amide bonds. The van der Waals surface area contributed by atoms with Crippen molar-refractivity contribution in [1.29, 1.82) is 0 Å². The van der Waals surface area contributed by atoms with Gasteiger partial charge in [0.05, 0.1) is 29.9 Å². The Kier molecular flexibility index (Phi) is 3.65. The summed E-state index contributed by atoms with van der Waals surface area (Å²) in [7, 11) is -3.26. The van der Waals surface area contributed by atoms with Gasteiger partial charge in [-0.3, -0.25) is 9.13 Å². The average Bonchev–Trinajstić information content (AvgIpc) is 3.03. The number of rotatable bonds is 4. The second-order valence-electron chi connectivity index (χ2n) is 5.48. The van der Waals surface area contributed by atoms with Crippen LogP contribution in [0.3, 0.4) is 0 Å². The lowest BCUT2D eigenvalue weighted by atomic mass is 10.2. The standard InChI is InChI=1S/C14H17N3O4S/c1-22(20,21)15-7-6-11(10-15)17-13-5-3-2-4-12(13)16(8-9-18)14(17)19/h2-5,9,11H,6-8,10H2,1H3. The van der Waals surface area contributed by atoms with Gasteiger partial charge in [0.25, 0.3) is 0 Å². The van der Waals surface area contributed by atoms with Gasteiger partial charge in [0.2, 0.25) is 10.0 Å². The predicted molar refractivity (Wildman–Crippen MR) is 82.3 cm³/mol. The van der Waals surface area contributed by atoms with E-state index in [0.29, 0.717) is 24.8 Å². The molecule has 118 valence electrons. The molecule has 1 aromatic heterocycles. The number of nitrogens with zero attached hydrogens (tertiary/aromatic N) is 3. The minimum atomic E-state index is -3.26. The topological polar surface area (TPSA) is 81.4 Å². The summed E-state index contributed by atoms with van der Waals surface area (Å²) in [6.07, 6.45) is 2.45. The number of imidazole rings is 1. The van der Waals surface area contributed by atoms with E-state index in [0.717, 1.165) is 5.52 Å². The lowest BCUT2D eigenvalue weighted by Crippen LogP contribution is -2.31. The number of fused-ring (bicyclic) bond motifs is 1. The van der Waals surface area contributed by atoms with E-state index < -0.39 is 10.0 Å². The van der Waals surface area contributed by atoms with Gasteiger partial charge in [-0.05, 0) is 18.6 Å². The third-order valence-corrected chi connectivity index (χ3v) is 5.36. The Morgan fingerprint density at radius 3 is 2.55 bits per heavy atom. The number of benzene rings is 1. The number of aldehydes is 1. The fourth-order valence-corrected chi connectivity index (χ4v) is 3.94. The van der Waals surface area contributed by atoms with Crippen LogP contribution < -0.4 is 5.69 Å². The maximum absolute atomic E-state index is 12.6. The van der Waals surface area contributed by atoms with Crippen molar-refractivity contribution < 1.29 is 13.2 Å². The zero-order valence-corrected chi connectivity index (χ0v) is 13.0. The molecule has 0 radical (unpaired) electrons. The first-order valence-corrected chi connectivity index (χ1v) is 8.87. The van der Waals surface area contributed by atoms with Gasteiger partial charge in [0.1, 0.15) is 6.29 Å². The number of hydrogen-bond acceptors (Lipinski definition) is 4. The van der Waals surface area contributed by atoms with Crippen LogP contribution in [0.2, 0.25) is 0 Å². The molecule has 3 rings (SSSR count). The summed E-state index contributed by atoms with van der Waals surface area (Å²) in [6, 6.07) is 7.04. The SMILES string of the molecule is CS(=O)(=O)N1CCC(n2c(=O)n(CC=O)c3ccccc32)C1. The summed E-state index contributed by atoms with van der Waals surface area (Å²) in [4.78, 5) is 23.4. The van der Waals surface area contributed by atoms with Gasteiger partial charge in [0.15, 0.2) is 0 Å². The second kappa shape index (κ2) is 5.36. The largest absolute Gasteiger partial charge is 0.329 e. The van der Waals surface area contributed by atoms with Crippen molar-refractivity contribution in [3.05, 3.63) is 34.7 Å². The summed E-state index contributed by atoms with van der Waals surface area (Å²) in [5, 5.41) is 0. The first kappa shape index (κ1) is 15.0. The highest BCUT2D eigenvalue weighted by atomic mass is 32.2. The molecule has 0 bridgehead atoms. The summed E-state index contributed by atoms with van der Waals surface area (Å²) >= 11 is 0. The molecule has 0 spiro atoms. The first-order valence-electron chi connectivity index (χ1n) is 7.02. The molecule has 1 saturated heterocycles. The number of para-hydroxylation sites is 2. The second-order valence-corrected chi connectivity index (χ2v) is 7.46. The maximum atomic E-state index is 12.6. The van der Waals surface area contributed by atoms with Gasteiger partial charge in [-0.2, -0.15) is 0 Å². The normalized spacial score (nSPS) is 19.8. The van der Waals surface area contributed by atoms with Crippen LogP contribution in [-0.2, 0) is 21.4 Å². The van der Waals surface area contributed by atoms with Crippen LogP contribution in [0, 0.1) is 0 Å². The third-order valence-electron chi connectivity index (χ3n) is 4.09. The molecule has 1 aromatic carbocycles. The van der Waals surface area contributed by atoms with Crippen molar-refractivity contribution in [1.82, 2.24) is 13.4 Å². The van der Waals surface area contributed by atoms with E-state index in [9.17, 15) is 18.0 Å². The summed E-state index contributed by atoms with van der Waals surface area (Å²) in [5.74, 6) is 0. The molecule has 8 heteroatoms. The third kappa shape index (κ3) is 2.38. The van der Waals surface area contributed by atoms with Crippen molar-refractivity contribution >= 4 is 27.3 Å². The Morgan fingerprint density at radius 1 is 1.27 bits per heavy atom. The first-order chi connectivity index (χ1) is 10.4. The minimum absolute atomic E-state index is 0.00510. The van der Waals surface area contributed by atoms with Crippen LogP contribution in [-0.4, -0.2) is 47.5 Å². The molecule has 2 aromatic rings. The predicted octanol–water partition coefficient (Wildman–Crippen LogP) is 0.208. The van der Waals surface area contributed by atoms with E-state index in [1.54, 1.807) is 10.6 Å². The molecule has 2 heterocycles. The van der Waals surface area contributed by atoms with Gasteiger partial charge >= 0.3 is 5.69 Å². The molecule has 1 fully saturated rings. The van der Waals surface area contributed by atoms with Crippen molar-refractivity contribution in [2.45, 2.75) is 19.0 Å². The molecule has 7 nitrogen and oxygen atoms in total. The molecular weight excluding hydrogens is 306 g/mol. The number of carbonyl (C=O) groups is 1. The van der Waals surface area contributed by atoms with Gasteiger partial charge in [-0.25, -0.2) is 17.5 Å². The maximum Gasteiger partial charge on any atom is 0.329 e. The molecule has 0 aliphatic carbocycles. The van der Waals surface area contributed by atoms with Gasteiger partial charge < -0.3 is 4.79 Å². The van der Waals surface area contributed by atoms with Crippen LogP contribution in [0.1, 0.15) is 12.5 Å². The highest BCUT2D eigenvalue weighted by Gasteiger charge is 2.32. The molecule has 22 heavy (non-hydrogen) atoms. The summed E-state index contributed by atoms with van der Waals surface area (Å²) in [5.41, 5.74) is 1.15. The minimum Gasteiger partial charge on any atom is -0.301 e. The van der Waals surface area contributed by atoms with E-state index in [2.05, 4.69) is 0 Å². The molecule has 0 N–H and O–H groups in total. The Balaban J connectivity index is 2.11. The molecule has 1 aliphatic heterocycles. The van der Waals surface area contributed by atoms with Crippen molar-refractivity contribution in [2.75, 3.05) is 19.3 Å². The highest BCUT2D eigenvalue weighted by Crippen LogP contribution is 2.26. The van der Waals surface area contributed by atoms with Crippen LogP contribution in [0.4, 0.5) is 0 Å². The Labute approximate surface area is 127 Å². The van der Waals surface area contributed by atoms with Gasteiger partial charge in [-0.15, -0.1) is 0 Å². The summed E-state index contributed by atoms with van der Waals surface area (Å²) in [6.45, 7) is 0.686. The van der Waals surface area contributed by atoms with Crippen LogP contribution >= 0.6 is 0 Å². The summed E-state index contributed by atoms with van der Waals surface area (Å²) < 4.78 is 27.7. The van der Waals surface area contributed by atoms with Crippen LogP contribution in [0.5, 0.6) is 0 Å². The molecule has 0 saturated carbocycles. The fourth-order valence-electron chi connectivity index (χ4n) is 3.06. The van der Waals surface area contributed by atoms with Crippen molar-refractivity contribution in [2.24, 2.45) is 0 Å². The van der Waals surface area contributed by atoms with Crippen molar-refractivity contribution in [3.8, 4) is 0 Å². The van der Waals surface area contributed by atoms with Crippen molar-refractivity contribution in [3.63, 3.8) is 0 Å². The highest BCUT2D eigenvalue weighted by molar-refractivity contribution is 7.88. The van der Waals surface area contributed by atoms with Gasteiger partial charge in [0, 0.05) is 13.1 Å². The smallest absolute Gasteiger partial charge is 0.301 e. The Morgan fingerprint density at radius 2 is 1.95 bits per heavy atom. The number of hydrogen-bond donors (Lipinski definition) is 0. The zero-order valence-electron chi connectivity index (χ0n) is 12.2. The van der Waals surface area contributed by atoms with Gasteiger partial charge in [-0.1, -0.05) is 12.1 Å². The number of carbonyl (C=O) groups excluding carboxylic acids is 1. The molecule has 1 atom stereocenters. The van der Waals surface area contributed by atoms with Crippen LogP contribution in [0.15, 0.2) is 29.1 Å². The lowest BCUT2D eigenvalue weighted by molar-refractivity contribution is -0.108. The monoisotopic (exact) mass is 323 g/mol. The zero-order chi connectivity index (χ0) is 15.9. The van der Waals surface area contributed by atoms with E-state index in [-0.39, 0.29) is 24.8 Å². The Hall–Kier alpha value is -1.93. The molecular formula is C14H17N3O4S. The van der Waals surface area contributed by atoms with E-state index >= 15 is 0 Å². The van der Waals surface area contributed by atoms with Crippen LogP contribution in [0.25, 0.3) is 11.0 Å².